The van der Waals surface area contributed by atoms with Gasteiger partial charge in [-0.25, -0.2) is 4.98 Å². The molecule has 2 atom stereocenters. The molecule has 0 spiro atoms. The largest absolute Gasteiger partial charge is 1.00 e. The molecule has 0 saturated carbocycles. The van der Waals surface area contributed by atoms with Crippen molar-refractivity contribution in [2.45, 2.75) is 32.0 Å². The molecule has 2 aliphatic heterocycles. The Morgan fingerprint density at radius 1 is 1.45 bits per heavy atom. The van der Waals surface area contributed by atoms with Crippen LogP contribution in [0.1, 0.15) is 26.0 Å². The number of carboxylic acid groups (broad SMARTS) is 1. The van der Waals surface area contributed by atoms with Crippen LogP contribution in [-0.2, 0) is 33.6 Å². The standard InChI is InChI=1S/C16H19N5O8S.Na/c1-15(2)4-9(22)29-16(15,13(25)26)21-12(24)7(5-28-21)18-11(23)10(20-27-3)8-6-30-14(17)19-8;/h6-7H,4-5H2,1-3H3,(H2,17,19)(H,18,23)(H,25,26);/q;+1/p-1/b20-10-;/t7-,16?;/m0./s1. The van der Waals surface area contributed by atoms with Gasteiger partial charge in [-0.3, -0.25) is 19.2 Å². The van der Waals surface area contributed by atoms with Crippen LogP contribution in [0.25, 0.3) is 0 Å². The molecule has 0 bridgehead atoms. The number of carboxylic acids is 1. The van der Waals surface area contributed by atoms with Gasteiger partial charge in [-0.05, 0) is 0 Å². The van der Waals surface area contributed by atoms with Gasteiger partial charge in [0.1, 0.15) is 31.4 Å². The zero-order chi connectivity index (χ0) is 22.3. The summed E-state index contributed by atoms with van der Waals surface area (Å²) in [5.74, 6) is -4.43. The van der Waals surface area contributed by atoms with E-state index in [0.717, 1.165) is 11.3 Å². The number of anilines is 1. The van der Waals surface area contributed by atoms with E-state index in [-0.39, 0.29) is 52.5 Å². The van der Waals surface area contributed by atoms with Gasteiger partial charge in [-0.1, -0.05) is 19.0 Å². The molecule has 13 nitrogen and oxygen atoms in total. The monoisotopic (exact) mass is 463 g/mol. The molecule has 3 N–H and O–H groups in total. The molecule has 2 aliphatic rings. The molecule has 1 unspecified atom stereocenters. The van der Waals surface area contributed by atoms with E-state index in [4.69, 9.17) is 15.3 Å². The van der Waals surface area contributed by atoms with Crippen molar-refractivity contribution in [2.24, 2.45) is 10.6 Å². The number of hydroxylamine groups is 2. The second kappa shape index (κ2) is 9.08. The number of hydrogen-bond acceptors (Lipinski definition) is 12. The number of amides is 2. The number of aromatic nitrogens is 1. The molecular weight excluding hydrogens is 445 g/mol. The summed E-state index contributed by atoms with van der Waals surface area (Å²) in [7, 11) is 1.22. The zero-order valence-electron chi connectivity index (χ0n) is 17.2. The van der Waals surface area contributed by atoms with Gasteiger partial charge in [0.2, 0.25) is 0 Å². The molecule has 3 rings (SSSR count). The van der Waals surface area contributed by atoms with Crippen LogP contribution in [0.5, 0.6) is 0 Å². The first kappa shape index (κ1) is 25.0. The maximum Gasteiger partial charge on any atom is 1.00 e. The topological polar surface area (TPSA) is 186 Å². The smallest absolute Gasteiger partial charge is 0.544 e. The molecule has 2 amide bonds. The van der Waals surface area contributed by atoms with Crippen molar-refractivity contribution < 1.29 is 68.3 Å². The maximum atomic E-state index is 12.9. The fourth-order valence-corrected chi connectivity index (χ4v) is 3.78. The molecule has 0 aromatic carbocycles. The molecule has 2 saturated heterocycles. The van der Waals surface area contributed by atoms with Crippen molar-refractivity contribution in [3.05, 3.63) is 11.1 Å². The number of nitrogens with zero attached hydrogens (tertiary/aromatic N) is 3. The molecular formula is C16H18N5NaO8S. The van der Waals surface area contributed by atoms with E-state index in [1.165, 1.54) is 26.3 Å². The minimum atomic E-state index is -2.48. The molecule has 2 fully saturated rings. The van der Waals surface area contributed by atoms with Crippen molar-refractivity contribution >= 4 is 45.9 Å². The Hall–Kier alpha value is -2.26. The van der Waals surface area contributed by atoms with Crippen molar-refractivity contribution in [1.29, 1.82) is 0 Å². The molecule has 15 heteroatoms. The van der Waals surface area contributed by atoms with Crippen LogP contribution in [0.2, 0.25) is 0 Å². The van der Waals surface area contributed by atoms with E-state index in [2.05, 4.69) is 20.3 Å². The Bertz CT molecular complexity index is 950. The van der Waals surface area contributed by atoms with Crippen LogP contribution in [0.15, 0.2) is 10.5 Å². The van der Waals surface area contributed by atoms with Gasteiger partial charge in [0, 0.05) is 10.8 Å². The molecule has 31 heavy (non-hydrogen) atoms. The van der Waals surface area contributed by atoms with E-state index in [1.54, 1.807) is 0 Å². The van der Waals surface area contributed by atoms with Gasteiger partial charge in [0.15, 0.2) is 10.8 Å². The number of thiazole rings is 1. The molecule has 1 aromatic heterocycles. The van der Waals surface area contributed by atoms with Crippen LogP contribution in [0.3, 0.4) is 0 Å². The summed E-state index contributed by atoms with van der Waals surface area (Å²) in [5.41, 5.74) is 1.61. The van der Waals surface area contributed by atoms with Gasteiger partial charge in [-0.15, -0.1) is 11.3 Å². The first-order valence-electron chi connectivity index (χ1n) is 8.57. The summed E-state index contributed by atoms with van der Waals surface area (Å²) in [4.78, 5) is 63.0. The van der Waals surface area contributed by atoms with Crippen LogP contribution in [-0.4, -0.2) is 65.0 Å². The predicted molar refractivity (Wildman–Crippen MR) is 97.0 cm³/mol. The Labute approximate surface area is 202 Å². The third kappa shape index (κ3) is 4.25. The van der Waals surface area contributed by atoms with Crippen LogP contribution in [0.4, 0.5) is 5.13 Å². The molecule has 3 heterocycles. The molecule has 1 aromatic rings. The van der Waals surface area contributed by atoms with E-state index < -0.39 is 47.5 Å². The van der Waals surface area contributed by atoms with Gasteiger partial charge >= 0.3 is 35.5 Å². The summed E-state index contributed by atoms with van der Waals surface area (Å²) < 4.78 is 4.99. The Kier molecular flexibility index (Phi) is 7.32. The quantitative estimate of drug-likeness (QED) is 0.179. The van der Waals surface area contributed by atoms with Gasteiger partial charge < -0.3 is 30.5 Å². The second-order valence-corrected chi connectivity index (χ2v) is 8.00. The Morgan fingerprint density at radius 3 is 2.61 bits per heavy atom. The maximum absolute atomic E-state index is 12.9. The average Bonchev–Trinajstić information content (AvgIpc) is 3.29. The van der Waals surface area contributed by atoms with Crippen LogP contribution in [0, 0.1) is 5.41 Å². The number of carbonyl (C=O) groups is 4. The normalized spacial score (nSPS) is 25.1. The molecule has 0 aliphatic carbocycles. The van der Waals surface area contributed by atoms with E-state index >= 15 is 0 Å². The minimum absolute atomic E-state index is 0. The third-order valence-electron chi connectivity index (χ3n) is 4.66. The number of oxime groups is 1. The van der Waals surface area contributed by atoms with Crippen molar-refractivity contribution in [2.75, 3.05) is 19.5 Å². The van der Waals surface area contributed by atoms with E-state index in [0.29, 0.717) is 5.06 Å². The SMILES string of the molecule is CO/N=C(\C(=O)N[C@H]1CON(C2(C(=O)[O-])OC(=O)CC2(C)C)C1=O)c1csc(N)n1.[Na+]. The summed E-state index contributed by atoms with van der Waals surface area (Å²) in [6.07, 6.45) is -0.277. The number of carbonyl (C=O) groups excluding carboxylic acids is 4. The Morgan fingerprint density at radius 2 is 2.13 bits per heavy atom. The number of nitrogen functional groups attached to an aromatic ring is 1. The predicted octanol–water partition coefficient (Wildman–Crippen LogP) is -5.24. The second-order valence-electron chi connectivity index (χ2n) is 7.11. The zero-order valence-corrected chi connectivity index (χ0v) is 20.0. The molecule has 162 valence electrons. The summed E-state index contributed by atoms with van der Waals surface area (Å²) >= 11 is 1.07. The number of nitrogens with one attached hydrogen (secondary N) is 1. The van der Waals surface area contributed by atoms with Gasteiger partial charge in [0.05, 0.1) is 6.42 Å². The number of rotatable bonds is 6. The van der Waals surface area contributed by atoms with Crippen LogP contribution < -0.4 is 45.7 Å². The van der Waals surface area contributed by atoms with E-state index in [9.17, 15) is 24.3 Å². The van der Waals surface area contributed by atoms with Crippen molar-refractivity contribution in [3.8, 4) is 0 Å². The van der Waals surface area contributed by atoms with Crippen molar-refractivity contribution in [3.63, 3.8) is 0 Å². The van der Waals surface area contributed by atoms with Gasteiger partial charge in [0.25, 0.3) is 17.5 Å². The first-order chi connectivity index (χ1) is 14.0. The number of nitrogens with two attached hydrogens (primary N) is 1. The number of ether oxygens (including phenoxy) is 1. The van der Waals surface area contributed by atoms with Gasteiger partial charge in [-0.2, -0.15) is 5.06 Å². The number of aliphatic carboxylic acids is 1. The minimum Gasteiger partial charge on any atom is -0.544 e. The Balaban J connectivity index is 0.00000341. The van der Waals surface area contributed by atoms with Crippen molar-refractivity contribution in [1.82, 2.24) is 15.4 Å². The number of cyclic esters (lactones) is 1. The first-order valence-corrected chi connectivity index (χ1v) is 9.45. The fourth-order valence-electron chi connectivity index (χ4n) is 3.23. The average molecular weight is 463 g/mol. The summed E-state index contributed by atoms with van der Waals surface area (Å²) in [5, 5.41) is 20.0. The molecule has 0 radical (unpaired) electrons. The van der Waals surface area contributed by atoms with E-state index in [1.807, 2.05) is 0 Å². The fraction of sp³-hybridized carbons (Fsp3) is 0.500. The number of esters is 1. The summed E-state index contributed by atoms with van der Waals surface area (Å²) in [6, 6.07) is -1.29. The third-order valence-corrected chi connectivity index (χ3v) is 5.34. The summed E-state index contributed by atoms with van der Waals surface area (Å²) in [6.45, 7) is 2.44. The van der Waals surface area contributed by atoms with Crippen LogP contribution >= 0.6 is 11.3 Å². The number of hydrogen-bond donors (Lipinski definition) is 2.